The largest absolute Gasteiger partial charge is 0.376 e. The molecule has 0 aromatic heterocycles. The minimum Gasteiger partial charge on any atom is -0.376 e. The molecular formula is C21H19NS. The average Bonchev–Trinajstić information content (AvgIpc) is 2.61. The van der Waals surface area contributed by atoms with Gasteiger partial charge in [0.25, 0.3) is 0 Å². The molecule has 1 aliphatic rings. The van der Waals surface area contributed by atoms with E-state index in [2.05, 4.69) is 79.0 Å². The second-order valence-electron chi connectivity index (χ2n) is 5.89. The van der Waals surface area contributed by atoms with Gasteiger partial charge in [0.05, 0.1) is 5.03 Å². The number of benzene rings is 3. The average molecular weight is 317 g/mol. The van der Waals surface area contributed by atoms with E-state index < -0.39 is 0 Å². The van der Waals surface area contributed by atoms with Crippen molar-refractivity contribution in [3.05, 3.63) is 88.4 Å². The van der Waals surface area contributed by atoms with E-state index in [-0.39, 0.29) is 0 Å². The number of nitrogens with one attached hydrogen (secondary N) is 1. The SMILES string of the molecule is CC1=C(SCc2cccc3ccccc23)NCc2ccccc21. The molecule has 3 aromatic rings. The van der Waals surface area contributed by atoms with Gasteiger partial charge in [0.1, 0.15) is 0 Å². The Morgan fingerprint density at radius 3 is 2.65 bits per heavy atom. The first-order valence-corrected chi connectivity index (χ1v) is 8.94. The van der Waals surface area contributed by atoms with Gasteiger partial charge in [0, 0.05) is 12.3 Å². The molecule has 0 spiro atoms. The van der Waals surface area contributed by atoms with Crippen LogP contribution < -0.4 is 5.32 Å². The fraction of sp³-hybridized carbons (Fsp3) is 0.143. The summed E-state index contributed by atoms with van der Waals surface area (Å²) in [5.41, 5.74) is 5.53. The van der Waals surface area contributed by atoms with Crippen molar-refractivity contribution in [1.29, 1.82) is 0 Å². The van der Waals surface area contributed by atoms with Crippen molar-refractivity contribution >= 4 is 28.1 Å². The number of hydrogen-bond acceptors (Lipinski definition) is 2. The van der Waals surface area contributed by atoms with E-state index >= 15 is 0 Å². The van der Waals surface area contributed by atoms with Crippen LogP contribution in [-0.2, 0) is 12.3 Å². The van der Waals surface area contributed by atoms with Gasteiger partial charge < -0.3 is 5.32 Å². The standard InChI is InChI=1S/C21H19NS/c1-15-19-11-4-3-8-17(19)13-22-21(15)23-14-18-10-6-9-16-7-2-5-12-20(16)18/h2-12,22H,13-14H2,1H3. The first-order valence-electron chi connectivity index (χ1n) is 7.95. The highest BCUT2D eigenvalue weighted by molar-refractivity contribution is 8.02. The zero-order chi connectivity index (χ0) is 15.6. The molecule has 0 radical (unpaired) electrons. The van der Waals surface area contributed by atoms with Crippen LogP contribution in [0.15, 0.2) is 71.8 Å². The molecule has 0 amide bonds. The maximum absolute atomic E-state index is 3.59. The van der Waals surface area contributed by atoms with Crippen LogP contribution >= 0.6 is 11.8 Å². The summed E-state index contributed by atoms with van der Waals surface area (Å²) in [6, 6.07) is 23.9. The summed E-state index contributed by atoms with van der Waals surface area (Å²) >= 11 is 1.91. The van der Waals surface area contributed by atoms with Crippen molar-refractivity contribution < 1.29 is 0 Å². The molecule has 0 bridgehead atoms. The van der Waals surface area contributed by atoms with Crippen LogP contribution in [0, 0.1) is 0 Å². The Morgan fingerprint density at radius 2 is 1.70 bits per heavy atom. The van der Waals surface area contributed by atoms with Gasteiger partial charge in [-0.25, -0.2) is 0 Å². The van der Waals surface area contributed by atoms with Gasteiger partial charge in [-0.15, -0.1) is 11.8 Å². The smallest absolute Gasteiger partial charge is 0.0723 e. The van der Waals surface area contributed by atoms with Crippen LogP contribution in [-0.4, -0.2) is 0 Å². The molecule has 0 saturated heterocycles. The van der Waals surface area contributed by atoms with Crippen molar-refractivity contribution in [2.24, 2.45) is 0 Å². The highest BCUT2D eigenvalue weighted by atomic mass is 32.2. The predicted octanol–water partition coefficient (Wildman–Crippen LogP) is 5.56. The van der Waals surface area contributed by atoms with E-state index in [9.17, 15) is 0 Å². The summed E-state index contributed by atoms with van der Waals surface area (Å²) < 4.78 is 0. The molecule has 1 heterocycles. The minimum absolute atomic E-state index is 0.922. The Morgan fingerprint density at radius 1 is 0.913 bits per heavy atom. The van der Waals surface area contributed by atoms with E-state index in [1.54, 1.807) is 0 Å². The van der Waals surface area contributed by atoms with Gasteiger partial charge in [0.2, 0.25) is 0 Å². The van der Waals surface area contributed by atoms with Gasteiger partial charge in [0.15, 0.2) is 0 Å². The fourth-order valence-electron chi connectivity index (χ4n) is 3.20. The van der Waals surface area contributed by atoms with E-state index in [4.69, 9.17) is 0 Å². The van der Waals surface area contributed by atoms with Gasteiger partial charge >= 0.3 is 0 Å². The number of thioether (sulfide) groups is 1. The molecule has 0 aliphatic carbocycles. The maximum atomic E-state index is 3.59. The summed E-state index contributed by atoms with van der Waals surface area (Å²) in [7, 11) is 0. The van der Waals surface area contributed by atoms with Gasteiger partial charge in [-0.05, 0) is 40.0 Å². The molecule has 0 fully saturated rings. The first kappa shape index (κ1) is 14.4. The Labute approximate surface area is 141 Å². The van der Waals surface area contributed by atoms with Crippen molar-refractivity contribution in [3.8, 4) is 0 Å². The molecule has 1 nitrogen and oxygen atoms in total. The van der Waals surface area contributed by atoms with Crippen molar-refractivity contribution in [1.82, 2.24) is 5.32 Å². The number of fused-ring (bicyclic) bond motifs is 2. The second-order valence-corrected chi connectivity index (χ2v) is 6.88. The van der Waals surface area contributed by atoms with Crippen LogP contribution in [0.4, 0.5) is 0 Å². The zero-order valence-electron chi connectivity index (χ0n) is 13.2. The lowest BCUT2D eigenvalue weighted by atomic mass is 9.99. The summed E-state index contributed by atoms with van der Waals surface area (Å²) in [5, 5.41) is 7.56. The third kappa shape index (κ3) is 2.75. The van der Waals surface area contributed by atoms with E-state index in [0.29, 0.717) is 0 Å². The lowest BCUT2D eigenvalue weighted by Crippen LogP contribution is -2.18. The molecule has 0 saturated carbocycles. The van der Waals surface area contributed by atoms with Crippen LogP contribution in [0.1, 0.15) is 23.6 Å². The fourth-order valence-corrected chi connectivity index (χ4v) is 4.25. The van der Waals surface area contributed by atoms with Crippen LogP contribution in [0.3, 0.4) is 0 Å². The molecule has 114 valence electrons. The van der Waals surface area contributed by atoms with Crippen molar-refractivity contribution in [3.63, 3.8) is 0 Å². The van der Waals surface area contributed by atoms with Crippen LogP contribution in [0.25, 0.3) is 16.3 Å². The zero-order valence-corrected chi connectivity index (χ0v) is 14.0. The third-order valence-corrected chi connectivity index (χ3v) is 5.65. The molecular weight excluding hydrogens is 298 g/mol. The summed E-state index contributed by atoms with van der Waals surface area (Å²) in [6.07, 6.45) is 0. The van der Waals surface area contributed by atoms with Crippen LogP contribution in [0.2, 0.25) is 0 Å². The van der Waals surface area contributed by atoms with Gasteiger partial charge in [-0.1, -0.05) is 66.7 Å². The highest BCUT2D eigenvalue weighted by Crippen LogP contribution is 2.34. The number of hydrogen-bond donors (Lipinski definition) is 1. The lowest BCUT2D eigenvalue weighted by molar-refractivity contribution is 0.837. The summed E-state index contributed by atoms with van der Waals surface area (Å²) in [4.78, 5) is 0. The first-order chi connectivity index (χ1) is 11.3. The maximum Gasteiger partial charge on any atom is 0.0723 e. The van der Waals surface area contributed by atoms with E-state index in [0.717, 1.165) is 12.3 Å². The molecule has 4 rings (SSSR count). The predicted molar refractivity (Wildman–Crippen MR) is 101 cm³/mol. The highest BCUT2D eigenvalue weighted by Gasteiger charge is 2.15. The number of allylic oxidation sites excluding steroid dienone is 1. The normalized spacial score (nSPS) is 13.8. The molecule has 2 heteroatoms. The lowest BCUT2D eigenvalue weighted by Gasteiger charge is -2.22. The molecule has 0 unspecified atom stereocenters. The topological polar surface area (TPSA) is 12.0 Å². The van der Waals surface area contributed by atoms with Crippen LogP contribution in [0.5, 0.6) is 0 Å². The second kappa shape index (κ2) is 6.13. The number of rotatable bonds is 3. The summed E-state index contributed by atoms with van der Waals surface area (Å²) in [5.74, 6) is 0.989. The quantitative estimate of drug-likeness (QED) is 0.678. The minimum atomic E-state index is 0.922. The Bertz CT molecular complexity index is 890. The molecule has 0 atom stereocenters. The van der Waals surface area contributed by atoms with Gasteiger partial charge in [-0.3, -0.25) is 0 Å². The monoisotopic (exact) mass is 317 g/mol. The van der Waals surface area contributed by atoms with E-state index in [1.165, 1.54) is 38.1 Å². The Hall–Kier alpha value is -2.19. The Kier molecular flexibility index (Phi) is 3.84. The summed E-state index contributed by atoms with van der Waals surface area (Å²) in [6.45, 7) is 3.14. The third-order valence-electron chi connectivity index (χ3n) is 4.45. The Balaban J connectivity index is 1.62. The molecule has 3 aromatic carbocycles. The van der Waals surface area contributed by atoms with E-state index in [1.807, 2.05) is 11.8 Å². The molecule has 1 aliphatic heterocycles. The molecule has 23 heavy (non-hydrogen) atoms. The molecule has 1 N–H and O–H groups in total. The van der Waals surface area contributed by atoms with Gasteiger partial charge in [-0.2, -0.15) is 0 Å². The van der Waals surface area contributed by atoms with Crippen molar-refractivity contribution in [2.75, 3.05) is 0 Å². The van der Waals surface area contributed by atoms with Crippen molar-refractivity contribution in [2.45, 2.75) is 19.2 Å².